The maximum atomic E-state index is 12.4. The van der Waals surface area contributed by atoms with Crippen LogP contribution in [0.2, 0.25) is 0 Å². The number of nitrogens with one attached hydrogen (secondary N) is 1. The number of halogens is 2. The van der Waals surface area contributed by atoms with Gasteiger partial charge in [-0.15, -0.1) is 24.8 Å². The number of hydrogen-bond donors (Lipinski definition) is 2. The summed E-state index contributed by atoms with van der Waals surface area (Å²) >= 11 is 0. The lowest BCUT2D eigenvalue weighted by atomic mass is 9.90. The lowest BCUT2D eigenvalue weighted by Gasteiger charge is -2.31. The number of ether oxygens (including phenoxy) is 2. The number of benzene rings is 1. The van der Waals surface area contributed by atoms with Crippen molar-refractivity contribution in [2.75, 3.05) is 18.5 Å². The average molecular weight is 400 g/mol. The Kier molecular flexibility index (Phi) is 8.30. The van der Waals surface area contributed by atoms with E-state index >= 15 is 0 Å². The minimum atomic E-state index is -0.864. The van der Waals surface area contributed by atoms with E-state index in [0.717, 1.165) is 11.3 Å². The van der Waals surface area contributed by atoms with E-state index in [0.29, 0.717) is 37.5 Å². The number of aryl methyl sites for hydroxylation is 1. The van der Waals surface area contributed by atoms with Crippen molar-refractivity contribution in [1.29, 1.82) is 0 Å². The number of aromatic nitrogens is 1. The van der Waals surface area contributed by atoms with Crippen LogP contribution in [0.5, 0.6) is 11.5 Å². The molecule has 1 saturated heterocycles. The van der Waals surface area contributed by atoms with Gasteiger partial charge in [-0.2, -0.15) is 0 Å². The summed E-state index contributed by atoms with van der Waals surface area (Å²) in [4.78, 5) is 16.5. The second-order valence-corrected chi connectivity index (χ2v) is 5.99. The molecule has 8 heteroatoms. The van der Waals surface area contributed by atoms with Crippen molar-refractivity contribution in [3.05, 3.63) is 48.3 Å². The zero-order valence-corrected chi connectivity index (χ0v) is 16.1. The number of nitrogens with zero attached hydrogens (tertiary/aromatic N) is 1. The first-order chi connectivity index (χ1) is 11.6. The van der Waals surface area contributed by atoms with E-state index in [2.05, 4.69) is 10.3 Å². The molecule has 6 nitrogen and oxygen atoms in total. The largest absolute Gasteiger partial charge is 0.455 e. The van der Waals surface area contributed by atoms with Gasteiger partial charge < -0.3 is 20.5 Å². The van der Waals surface area contributed by atoms with Crippen molar-refractivity contribution >= 4 is 36.4 Å². The van der Waals surface area contributed by atoms with E-state index in [1.165, 1.54) is 0 Å². The van der Waals surface area contributed by atoms with Gasteiger partial charge in [-0.1, -0.05) is 0 Å². The van der Waals surface area contributed by atoms with Gasteiger partial charge >= 0.3 is 0 Å². The van der Waals surface area contributed by atoms with Crippen LogP contribution < -0.4 is 15.8 Å². The highest BCUT2D eigenvalue weighted by Crippen LogP contribution is 2.27. The van der Waals surface area contributed by atoms with Crippen LogP contribution in [0.25, 0.3) is 0 Å². The Morgan fingerprint density at radius 2 is 2.00 bits per heavy atom. The lowest BCUT2D eigenvalue weighted by molar-refractivity contribution is -0.124. The highest BCUT2D eigenvalue weighted by atomic mass is 35.5. The third-order valence-electron chi connectivity index (χ3n) is 4.13. The molecule has 0 saturated carbocycles. The number of amides is 1. The Labute approximate surface area is 165 Å². The molecule has 0 aliphatic carbocycles. The van der Waals surface area contributed by atoms with Gasteiger partial charge in [0.25, 0.3) is 0 Å². The third kappa shape index (κ3) is 5.32. The van der Waals surface area contributed by atoms with Crippen molar-refractivity contribution in [1.82, 2.24) is 4.98 Å². The van der Waals surface area contributed by atoms with E-state index < -0.39 is 5.54 Å². The fourth-order valence-corrected chi connectivity index (χ4v) is 2.59. The number of nitrogens with two attached hydrogens (primary N) is 1. The molecule has 1 amide bonds. The highest BCUT2D eigenvalue weighted by Gasteiger charge is 2.35. The summed E-state index contributed by atoms with van der Waals surface area (Å²) in [6, 6.07) is 9.15. The predicted octanol–water partition coefficient (Wildman–Crippen LogP) is 3.47. The van der Waals surface area contributed by atoms with Gasteiger partial charge in [0.1, 0.15) is 17.0 Å². The van der Waals surface area contributed by atoms with Crippen molar-refractivity contribution in [3.8, 4) is 11.5 Å². The summed E-state index contributed by atoms with van der Waals surface area (Å²) in [7, 11) is 0. The van der Waals surface area contributed by atoms with Gasteiger partial charge in [-0.25, -0.2) is 0 Å². The van der Waals surface area contributed by atoms with Crippen LogP contribution in [-0.4, -0.2) is 29.6 Å². The van der Waals surface area contributed by atoms with Gasteiger partial charge in [0.2, 0.25) is 5.91 Å². The molecule has 3 N–H and O–H groups in total. The average Bonchev–Trinajstić information content (AvgIpc) is 2.59. The number of pyridine rings is 1. The van der Waals surface area contributed by atoms with Crippen LogP contribution in [0.3, 0.4) is 0 Å². The minimum Gasteiger partial charge on any atom is -0.455 e. The fraction of sp³-hybridized carbons (Fsp3) is 0.333. The first-order valence-corrected chi connectivity index (χ1v) is 7.93. The molecule has 0 bridgehead atoms. The highest BCUT2D eigenvalue weighted by molar-refractivity contribution is 5.98. The van der Waals surface area contributed by atoms with E-state index in [1.807, 2.05) is 31.2 Å². The number of carbonyl (C=O) groups is 1. The number of rotatable bonds is 4. The van der Waals surface area contributed by atoms with Gasteiger partial charge in [0, 0.05) is 25.1 Å². The van der Waals surface area contributed by atoms with Crippen molar-refractivity contribution in [3.63, 3.8) is 0 Å². The van der Waals surface area contributed by atoms with Crippen LogP contribution in [0, 0.1) is 6.92 Å². The topological polar surface area (TPSA) is 86.5 Å². The third-order valence-corrected chi connectivity index (χ3v) is 4.13. The molecule has 0 spiro atoms. The zero-order valence-electron chi connectivity index (χ0n) is 14.4. The Morgan fingerprint density at radius 3 is 2.62 bits per heavy atom. The molecule has 2 heterocycles. The summed E-state index contributed by atoms with van der Waals surface area (Å²) in [6.07, 6.45) is 4.40. The number of anilines is 1. The van der Waals surface area contributed by atoms with Crippen molar-refractivity contribution < 1.29 is 14.3 Å². The van der Waals surface area contributed by atoms with E-state index in [4.69, 9.17) is 15.2 Å². The van der Waals surface area contributed by atoms with E-state index in [9.17, 15) is 4.79 Å². The van der Waals surface area contributed by atoms with Gasteiger partial charge in [0.15, 0.2) is 0 Å². The zero-order chi connectivity index (χ0) is 17.0. The van der Waals surface area contributed by atoms with E-state index in [1.54, 1.807) is 18.5 Å². The molecule has 1 aliphatic rings. The molecule has 0 radical (unpaired) electrons. The quantitative estimate of drug-likeness (QED) is 0.821. The molecule has 0 unspecified atom stereocenters. The predicted molar refractivity (Wildman–Crippen MR) is 106 cm³/mol. The standard InChI is InChI=1S/C18H21N3O3.2ClH/c1-13-11-14(21-17(22)18(19)6-9-23-10-7-18)4-5-16(13)24-15-3-2-8-20-12-15;;/h2-5,8,11-12H,6-7,9-10,19H2,1H3,(H,21,22);2*1H. The van der Waals surface area contributed by atoms with Crippen LogP contribution in [-0.2, 0) is 9.53 Å². The van der Waals surface area contributed by atoms with Gasteiger partial charge in [0.05, 0.1) is 6.20 Å². The Hall–Kier alpha value is -1.86. The second kappa shape index (κ2) is 9.73. The minimum absolute atomic E-state index is 0. The van der Waals surface area contributed by atoms with Crippen LogP contribution in [0.4, 0.5) is 5.69 Å². The molecule has 1 fully saturated rings. The Balaban J connectivity index is 0.00000169. The number of carbonyl (C=O) groups excluding carboxylic acids is 1. The molecule has 142 valence electrons. The molecule has 1 aliphatic heterocycles. The van der Waals surface area contributed by atoms with Crippen LogP contribution >= 0.6 is 24.8 Å². The molecule has 3 rings (SSSR count). The smallest absolute Gasteiger partial charge is 0.244 e. The Morgan fingerprint density at radius 1 is 1.27 bits per heavy atom. The van der Waals surface area contributed by atoms with Gasteiger partial charge in [-0.3, -0.25) is 9.78 Å². The summed E-state index contributed by atoms with van der Waals surface area (Å²) in [6.45, 7) is 2.95. The first-order valence-electron chi connectivity index (χ1n) is 7.93. The maximum absolute atomic E-state index is 12.4. The van der Waals surface area contributed by atoms with Gasteiger partial charge in [-0.05, 0) is 55.7 Å². The molecule has 26 heavy (non-hydrogen) atoms. The molecular weight excluding hydrogens is 377 g/mol. The summed E-state index contributed by atoms with van der Waals surface area (Å²) < 4.78 is 11.1. The summed E-state index contributed by atoms with van der Waals surface area (Å²) in [5.41, 5.74) is 6.95. The Bertz CT molecular complexity index is 723. The van der Waals surface area contributed by atoms with E-state index in [-0.39, 0.29) is 30.7 Å². The molecule has 0 atom stereocenters. The SMILES string of the molecule is Cc1cc(NC(=O)C2(N)CCOCC2)ccc1Oc1cccnc1.Cl.Cl. The van der Waals surface area contributed by atoms with Crippen LogP contribution in [0.1, 0.15) is 18.4 Å². The molecule has 1 aromatic carbocycles. The second-order valence-electron chi connectivity index (χ2n) is 5.99. The summed E-state index contributed by atoms with van der Waals surface area (Å²) in [5, 5.41) is 2.90. The monoisotopic (exact) mass is 399 g/mol. The molecule has 2 aromatic rings. The fourth-order valence-electron chi connectivity index (χ4n) is 2.59. The van der Waals surface area contributed by atoms with Crippen molar-refractivity contribution in [2.24, 2.45) is 5.73 Å². The number of hydrogen-bond acceptors (Lipinski definition) is 5. The van der Waals surface area contributed by atoms with Crippen molar-refractivity contribution in [2.45, 2.75) is 25.3 Å². The maximum Gasteiger partial charge on any atom is 0.244 e. The lowest BCUT2D eigenvalue weighted by Crippen LogP contribution is -2.54. The summed E-state index contributed by atoms with van der Waals surface area (Å²) in [5.74, 6) is 1.21. The molecule has 1 aromatic heterocycles. The van der Waals surface area contributed by atoms with Crippen LogP contribution in [0.15, 0.2) is 42.7 Å². The first kappa shape index (κ1) is 22.2. The normalized spacial score (nSPS) is 15.2. The molecular formula is C18H23Cl2N3O3.